The van der Waals surface area contributed by atoms with Crippen molar-refractivity contribution < 1.29 is 9.47 Å². The molecule has 4 heteroatoms. The van der Waals surface area contributed by atoms with Crippen LogP contribution in [0.3, 0.4) is 0 Å². The first-order valence-corrected chi connectivity index (χ1v) is 7.72. The van der Waals surface area contributed by atoms with Crippen molar-refractivity contribution >= 4 is 28.1 Å². The van der Waals surface area contributed by atoms with Crippen molar-refractivity contribution in [3.63, 3.8) is 0 Å². The highest BCUT2D eigenvalue weighted by molar-refractivity contribution is 6.30. The molecular formula is C19H18ClNO2. The number of anilines is 1. The van der Waals surface area contributed by atoms with Gasteiger partial charge in [0.1, 0.15) is 0 Å². The van der Waals surface area contributed by atoms with Crippen LogP contribution in [0, 0.1) is 0 Å². The summed E-state index contributed by atoms with van der Waals surface area (Å²) >= 11 is 6.17. The lowest BCUT2D eigenvalue weighted by molar-refractivity contribution is 0.352. The lowest BCUT2D eigenvalue weighted by atomic mass is 10.1. The third-order valence-corrected chi connectivity index (χ3v) is 4.00. The number of rotatable bonds is 5. The number of nitrogens with one attached hydrogen (secondary N) is 1. The van der Waals surface area contributed by atoms with E-state index in [1.54, 1.807) is 20.3 Å². The van der Waals surface area contributed by atoms with E-state index in [1.807, 2.05) is 24.3 Å². The highest BCUT2D eigenvalue weighted by Gasteiger charge is 2.12. The summed E-state index contributed by atoms with van der Waals surface area (Å²) in [6.07, 6.45) is 0. The van der Waals surface area contributed by atoms with E-state index >= 15 is 0 Å². The molecule has 0 aliphatic carbocycles. The summed E-state index contributed by atoms with van der Waals surface area (Å²) in [6.45, 7) is 0.591. The Hall–Kier alpha value is -2.39. The number of fused-ring (bicyclic) bond motifs is 1. The zero-order chi connectivity index (χ0) is 16.2. The van der Waals surface area contributed by atoms with Crippen molar-refractivity contribution in [1.82, 2.24) is 0 Å². The maximum atomic E-state index is 6.17. The van der Waals surface area contributed by atoms with Gasteiger partial charge in [-0.25, -0.2) is 0 Å². The molecule has 23 heavy (non-hydrogen) atoms. The van der Waals surface area contributed by atoms with E-state index in [9.17, 15) is 0 Å². The van der Waals surface area contributed by atoms with Gasteiger partial charge in [-0.15, -0.1) is 0 Å². The third kappa shape index (κ3) is 3.20. The lowest BCUT2D eigenvalue weighted by Gasteiger charge is -2.15. The molecule has 0 atom stereocenters. The Bertz CT molecular complexity index is 827. The predicted octanol–water partition coefficient (Wildman–Crippen LogP) is 5.12. The van der Waals surface area contributed by atoms with Gasteiger partial charge in [0.05, 0.1) is 14.2 Å². The average Bonchev–Trinajstić information content (AvgIpc) is 2.59. The summed E-state index contributed by atoms with van der Waals surface area (Å²) in [5.41, 5.74) is 2.02. The second-order valence-corrected chi connectivity index (χ2v) is 5.62. The van der Waals surface area contributed by atoms with E-state index in [2.05, 4.69) is 29.6 Å². The smallest absolute Gasteiger partial charge is 0.165 e. The summed E-state index contributed by atoms with van der Waals surface area (Å²) in [5, 5.41) is 6.47. The molecule has 0 saturated carbocycles. The Morgan fingerprint density at radius 1 is 0.957 bits per heavy atom. The number of benzene rings is 3. The van der Waals surface area contributed by atoms with Crippen LogP contribution in [-0.4, -0.2) is 14.2 Å². The van der Waals surface area contributed by atoms with Crippen molar-refractivity contribution in [2.24, 2.45) is 0 Å². The van der Waals surface area contributed by atoms with Crippen LogP contribution in [0.15, 0.2) is 54.6 Å². The minimum Gasteiger partial charge on any atom is -0.493 e. The van der Waals surface area contributed by atoms with Crippen molar-refractivity contribution in [2.45, 2.75) is 6.54 Å². The summed E-state index contributed by atoms with van der Waals surface area (Å²) in [6, 6.07) is 18.1. The van der Waals surface area contributed by atoms with E-state index in [1.165, 1.54) is 10.8 Å². The SMILES string of the molecule is COc1cc(Cl)cc(CNc2cccc3ccccc23)c1OC. The average molecular weight is 328 g/mol. The zero-order valence-electron chi connectivity index (χ0n) is 13.1. The number of hydrogen-bond donors (Lipinski definition) is 1. The van der Waals surface area contributed by atoms with Crippen LogP contribution in [0.25, 0.3) is 10.8 Å². The molecule has 0 unspecified atom stereocenters. The fourth-order valence-corrected chi connectivity index (χ4v) is 2.94. The fourth-order valence-electron chi connectivity index (χ4n) is 2.71. The molecule has 0 aliphatic heterocycles. The van der Waals surface area contributed by atoms with Gasteiger partial charge in [-0.3, -0.25) is 0 Å². The van der Waals surface area contributed by atoms with Gasteiger partial charge in [0, 0.05) is 34.3 Å². The third-order valence-electron chi connectivity index (χ3n) is 3.78. The van der Waals surface area contributed by atoms with Gasteiger partial charge in [-0.1, -0.05) is 48.0 Å². The number of methoxy groups -OCH3 is 2. The molecule has 118 valence electrons. The molecule has 3 rings (SSSR count). The second kappa shape index (κ2) is 6.80. The monoisotopic (exact) mass is 327 g/mol. The van der Waals surface area contributed by atoms with Crippen LogP contribution in [0.5, 0.6) is 11.5 Å². The molecule has 0 aromatic heterocycles. The van der Waals surface area contributed by atoms with Crippen LogP contribution < -0.4 is 14.8 Å². The Morgan fingerprint density at radius 3 is 2.52 bits per heavy atom. The van der Waals surface area contributed by atoms with Crippen molar-refractivity contribution in [3.05, 3.63) is 65.2 Å². The molecule has 3 aromatic carbocycles. The molecule has 3 aromatic rings. The minimum atomic E-state index is 0.591. The first kappa shape index (κ1) is 15.5. The molecule has 0 heterocycles. The number of hydrogen-bond acceptors (Lipinski definition) is 3. The number of ether oxygens (including phenoxy) is 2. The molecule has 0 spiro atoms. The van der Waals surface area contributed by atoms with Gasteiger partial charge in [0.2, 0.25) is 0 Å². The zero-order valence-corrected chi connectivity index (χ0v) is 13.9. The quantitative estimate of drug-likeness (QED) is 0.705. The highest BCUT2D eigenvalue weighted by Crippen LogP contribution is 2.35. The Morgan fingerprint density at radius 2 is 1.74 bits per heavy atom. The van der Waals surface area contributed by atoms with Crippen LogP contribution in [0.2, 0.25) is 5.02 Å². The maximum absolute atomic E-state index is 6.17. The molecule has 1 N–H and O–H groups in total. The van der Waals surface area contributed by atoms with Crippen LogP contribution >= 0.6 is 11.6 Å². The van der Waals surface area contributed by atoms with Gasteiger partial charge in [0.15, 0.2) is 11.5 Å². The Labute approximate surface area is 140 Å². The van der Waals surface area contributed by atoms with E-state index < -0.39 is 0 Å². The molecular weight excluding hydrogens is 310 g/mol. The molecule has 0 saturated heterocycles. The molecule has 3 nitrogen and oxygen atoms in total. The first-order valence-electron chi connectivity index (χ1n) is 7.35. The van der Waals surface area contributed by atoms with Gasteiger partial charge < -0.3 is 14.8 Å². The summed E-state index contributed by atoms with van der Waals surface area (Å²) in [5.74, 6) is 1.33. The standard InChI is InChI=1S/C19H18ClNO2/c1-22-18-11-15(20)10-14(19(18)23-2)12-21-17-9-5-7-13-6-3-4-8-16(13)17/h3-11,21H,12H2,1-2H3. The molecule has 0 aliphatic rings. The minimum absolute atomic E-state index is 0.591. The molecule has 0 amide bonds. The van der Waals surface area contributed by atoms with Crippen molar-refractivity contribution in [1.29, 1.82) is 0 Å². The predicted molar refractivity (Wildman–Crippen MR) is 95.8 cm³/mol. The molecule has 0 fully saturated rings. The maximum Gasteiger partial charge on any atom is 0.165 e. The van der Waals surface area contributed by atoms with E-state index in [-0.39, 0.29) is 0 Å². The first-order chi connectivity index (χ1) is 11.2. The van der Waals surface area contributed by atoms with E-state index in [0.717, 1.165) is 11.3 Å². The Kier molecular flexibility index (Phi) is 4.58. The van der Waals surface area contributed by atoms with Gasteiger partial charge in [0.25, 0.3) is 0 Å². The van der Waals surface area contributed by atoms with Gasteiger partial charge in [-0.05, 0) is 17.5 Å². The number of halogens is 1. The second-order valence-electron chi connectivity index (χ2n) is 5.18. The molecule has 0 radical (unpaired) electrons. The molecule has 0 bridgehead atoms. The summed E-state index contributed by atoms with van der Waals surface area (Å²) in [7, 11) is 3.24. The van der Waals surface area contributed by atoms with Gasteiger partial charge in [-0.2, -0.15) is 0 Å². The van der Waals surface area contributed by atoms with E-state index in [4.69, 9.17) is 21.1 Å². The van der Waals surface area contributed by atoms with E-state index in [0.29, 0.717) is 23.1 Å². The van der Waals surface area contributed by atoms with Crippen molar-refractivity contribution in [2.75, 3.05) is 19.5 Å². The lowest BCUT2D eigenvalue weighted by Crippen LogP contribution is -2.03. The fraction of sp³-hybridized carbons (Fsp3) is 0.158. The van der Waals surface area contributed by atoms with Crippen LogP contribution in [0.1, 0.15) is 5.56 Å². The summed E-state index contributed by atoms with van der Waals surface area (Å²) in [4.78, 5) is 0. The summed E-state index contributed by atoms with van der Waals surface area (Å²) < 4.78 is 10.8. The van der Waals surface area contributed by atoms with Gasteiger partial charge >= 0.3 is 0 Å². The largest absolute Gasteiger partial charge is 0.493 e. The topological polar surface area (TPSA) is 30.5 Å². The van der Waals surface area contributed by atoms with Crippen molar-refractivity contribution in [3.8, 4) is 11.5 Å². The van der Waals surface area contributed by atoms with Crippen LogP contribution in [0.4, 0.5) is 5.69 Å². The van der Waals surface area contributed by atoms with Crippen LogP contribution in [-0.2, 0) is 6.54 Å². The normalized spacial score (nSPS) is 10.6. The Balaban J connectivity index is 1.92. The highest BCUT2D eigenvalue weighted by atomic mass is 35.5.